The minimum atomic E-state index is -4.34. The van der Waals surface area contributed by atoms with Gasteiger partial charge in [0.25, 0.3) is 0 Å². The van der Waals surface area contributed by atoms with Gasteiger partial charge in [-0.1, -0.05) is 199 Å². The number of rotatable bonds is 42. The van der Waals surface area contributed by atoms with E-state index in [9.17, 15) is 19.4 Å². The number of hydrogen-bond acceptors (Lipinski definition) is 5. The maximum absolute atomic E-state index is 12.8. The summed E-state index contributed by atoms with van der Waals surface area (Å²) < 4.78 is 23.5. The van der Waals surface area contributed by atoms with Crippen molar-refractivity contribution in [1.82, 2.24) is 5.32 Å². The number of phosphoric ester groups is 1. The fourth-order valence-electron chi connectivity index (χ4n) is 6.70. The van der Waals surface area contributed by atoms with Crippen molar-refractivity contribution in [2.45, 2.75) is 225 Å². The normalized spacial score (nSPS) is 14.5. The Hall–Kier alpha value is -1.02. The van der Waals surface area contributed by atoms with Gasteiger partial charge in [-0.15, -0.1) is 0 Å². The number of hydrogen-bond donors (Lipinski definition) is 3. The molecule has 3 unspecified atom stereocenters. The quantitative estimate of drug-likeness (QED) is 0.0246. The van der Waals surface area contributed by atoms with Crippen LogP contribution < -0.4 is 5.32 Å². The number of nitrogens with zero attached hydrogens (tertiary/aromatic N) is 1. The van der Waals surface area contributed by atoms with Crippen molar-refractivity contribution >= 4 is 13.7 Å². The second kappa shape index (κ2) is 38.5. The second-order valence-electron chi connectivity index (χ2n) is 17.1. The van der Waals surface area contributed by atoms with E-state index >= 15 is 0 Å². The van der Waals surface area contributed by atoms with Gasteiger partial charge in [0.05, 0.1) is 39.9 Å². The van der Waals surface area contributed by atoms with Crippen LogP contribution >= 0.6 is 7.82 Å². The minimum absolute atomic E-state index is 0.0581. The molecular formula is C46H92N2O6P+. The van der Waals surface area contributed by atoms with Crippen LogP contribution in [0.4, 0.5) is 0 Å². The van der Waals surface area contributed by atoms with Crippen LogP contribution in [0.5, 0.6) is 0 Å². The summed E-state index contributed by atoms with van der Waals surface area (Å²) in [6, 6.07) is -0.857. The molecule has 0 fully saturated rings. The summed E-state index contributed by atoms with van der Waals surface area (Å²) in [6.45, 7) is 4.79. The van der Waals surface area contributed by atoms with Gasteiger partial charge in [0.1, 0.15) is 13.2 Å². The maximum Gasteiger partial charge on any atom is 0.472 e. The molecule has 55 heavy (non-hydrogen) atoms. The van der Waals surface area contributed by atoms with Gasteiger partial charge in [0.15, 0.2) is 0 Å². The van der Waals surface area contributed by atoms with E-state index < -0.39 is 20.0 Å². The van der Waals surface area contributed by atoms with Gasteiger partial charge in [0.2, 0.25) is 5.91 Å². The van der Waals surface area contributed by atoms with Gasteiger partial charge in [-0.25, -0.2) is 4.57 Å². The molecule has 0 saturated carbocycles. The van der Waals surface area contributed by atoms with E-state index in [0.29, 0.717) is 17.4 Å². The van der Waals surface area contributed by atoms with E-state index in [2.05, 4.69) is 31.3 Å². The van der Waals surface area contributed by atoms with E-state index in [-0.39, 0.29) is 19.1 Å². The number of likely N-dealkylation sites (N-methyl/N-ethyl adjacent to an activating group) is 1. The molecule has 0 heterocycles. The first-order valence-electron chi connectivity index (χ1n) is 23.2. The fourth-order valence-corrected chi connectivity index (χ4v) is 7.44. The van der Waals surface area contributed by atoms with E-state index in [1.807, 2.05) is 27.2 Å². The van der Waals surface area contributed by atoms with Crippen molar-refractivity contribution in [3.05, 3.63) is 24.3 Å². The topological polar surface area (TPSA) is 105 Å². The van der Waals surface area contributed by atoms with Crippen LogP contribution in [0.25, 0.3) is 0 Å². The largest absolute Gasteiger partial charge is 0.472 e. The Morgan fingerprint density at radius 3 is 1.45 bits per heavy atom. The highest BCUT2D eigenvalue weighted by Gasteiger charge is 2.27. The number of phosphoric acid groups is 1. The summed E-state index contributed by atoms with van der Waals surface area (Å²) in [7, 11) is 1.56. The van der Waals surface area contributed by atoms with Crippen LogP contribution in [0.1, 0.15) is 213 Å². The first-order valence-corrected chi connectivity index (χ1v) is 24.7. The third-order valence-corrected chi connectivity index (χ3v) is 11.4. The molecule has 0 aromatic heterocycles. The standard InChI is InChI=1S/C46H91N2O6P/c1-6-8-10-12-14-16-18-19-20-21-22-23-24-25-26-27-28-30-31-33-35-37-39-45(49)44(43-54-55(51,52)53-42-41-48(3,4)5)47-46(50)40-38-36-34-32-29-17-15-13-11-9-7-2/h30-31,37,39,44-45,49H,6-29,32-36,38,40-43H2,1-5H3,(H-,47,50,51,52)/p+1/b31-30+,39-37+. The van der Waals surface area contributed by atoms with E-state index in [4.69, 9.17) is 9.05 Å². The number of allylic oxidation sites excluding steroid dienone is 3. The minimum Gasteiger partial charge on any atom is -0.387 e. The van der Waals surface area contributed by atoms with Crippen LogP contribution in [0, 0.1) is 0 Å². The SMILES string of the molecule is CCCCCCCCCCCCCCCCCC/C=C/CC/C=C/C(O)C(COP(=O)(O)OCC[N+](C)(C)C)NC(=O)CCCCCCCCCCCCC. The molecule has 3 N–H and O–H groups in total. The lowest BCUT2D eigenvalue weighted by molar-refractivity contribution is -0.870. The number of nitrogens with one attached hydrogen (secondary N) is 1. The molecule has 8 nitrogen and oxygen atoms in total. The highest BCUT2D eigenvalue weighted by Crippen LogP contribution is 2.43. The van der Waals surface area contributed by atoms with Crippen molar-refractivity contribution in [3.8, 4) is 0 Å². The average Bonchev–Trinajstić information content (AvgIpc) is 3.13. The molecule has 326 valence electrons. The molecule has 0 aliphatic heterocycles. The number of amides is 1. The summed E-state index contributed by atoms with van der Waals surface area (Å²) in [5, 5.41) is 13.8. The number of carbonyl (C=O) groups excluding carboxylic acids is 1. The monoisotopic (exact) mass is 800 g/mol. The zero-order chi connectivity index (χ0) is 40.7. The van der Waals surface area contributed by atoms with Gasteiger partial charge in [-0.2, -0.15) is 0 Å². The maximum atomic E-state index is 12.8. The molecule has 0 aromatic carbocycles. The van der Waals surface area contributed by atoms with E-state index in [0.717, 1.165) is 38.5 Å². The molecule has 1 amide bonds. The molecule has 0 spiro atoms. The summed E-state index contributed by atoms with van der Waals surface area (Å²) in [4.78, 5) is 23.1. The van der Waals surface area contributed by atoms with E-state index in [1.165, 1.54) is 154 Å². The first-order chi connectivity index (χ1) is 26.5. The lowest BCUT2D eigenvalue weighted by atomic mass is 10.0. The smallest absolute Gasteiger partial charge is 0.387 e. The van der Waals surface area contributed by atoms with Crippen LogP contribution in [0.15, 0.2) is 24.3 Å². The highest BCUT2D eigenvalue weighted by molar-refractivity contribution is 7.47. The predicted molar refractivity (Wildman–Crippen MR) is 235 cm³/mol. The lowest BCUT2D eigenvalue weighted by Crippen LogP contribution is -2.45. The Morgan fingerprint density at radius 1 is 0.600 bits per heavy atom. The molecule has 9 heteroatoms. The molecule has 0 radical (unpaired) electrons. The number of aliphatic hydroxyl groups is 1. The second-order valence-corrected chi connectivity index (χ2v) is 18.6. The van der Waals surface area contributed by atoms with Crippen molar-refractivity contribution in [1.29, 1.82) is 0 Å². The molecule has 0 aliphatic rings. The number of quaternary nitrogens is 1. The van der Waals surface area contributed by atoms with Crippen LogP contribution in [0.3, 0.4) is 0 Å². The molecule has 0 aromatic rings. The predicted octanol–water partition coefficient (Wildman–Crippen LogP) is 12.9. The average molecular weight is 800 g/mol. The third kappa shape index (κ3) is 41.0. The molecule has 0 bridgehead atoms. The number of aliphatic hydroxyl groups excluding tert-OH is 1. The summed E-state index contributed by atoms with van der Waals surface area (Å²) in [5.41, 5.74) is 0. The van der Waals surface area contributed by atoms with Gasteiger partial charge in [0, 0.05) is 6.42 Å². The Bertz CT molecular complexity index is 953. The van der Waals surface area contributed by atoms with Crippen LogP contribution in [-0.4, -0.2) is 73.4 Å². The summed E-state index contributed by atoms with van der Waals surface area (Å²) in [5.74, 6) is -0.187. The Kier molecular flexibility index (Phi) is 37.8. The van der Waals surface area contributed by atoms with Crippen molar-refractivity contribution in [2.24, 2.45) is 0 Å². The number of unbranched alkanes of at least 4 members (excludes halogenated alkanes) is 27. The summed E-state index contributed by atoms with van der Waals surface area (Å²) >= 11 is 0. The highest BCUT2D eigenvalue weighted by atomic mass is 31.2. The van der Waals surface area contributed by atoms with Gasteiger partial charge in [-0.05, 0) is 32.1 Å². The zero-order valence-corrected chi connectivity index (χ0v) is 37.8. The van der Waals surface area contributed by atoms with Gasteiger partial charge < -0.3 is 19.8 Å². The third-order valence-electron chi connectivity index (χ3n) is 10.4. The molecule has 0 rings (SSSR count). The molecule has 0 saturated heterocycles. The Labute approximate surface area is 341 Å². The van der Waals surface area contributed by atoms with Crippen molar-refractivity contribution in [2.75, 3.05) is 40.9 Å². The van der Waals surface area contributed by atoms with Gasteiger partial charge in [-0.3, -0.25) is 13.8 Å². The number of carbonyl (C=O) groups is 1. The van der Waals surface area contributed by atoms with Gasteiger partial charge >= 0.3 is 7.82 Å². The Morgan fingerprint density at radius 2 is 1.00 bits per heavy atom. The van der Waals surface area contributed by atoms with Crippen molar-refractivity contribution < 1.29 is 32.9 Å². The first kappa shape index (κ1) is 54.0. The van der Waals surface area contributed by atoms with Crippen LogP contribution in [0.2, 0.25) is 0 Å². The lowest BCUT2D eigenvalue weighted by Gasteiger charge is -2.25. The van der Waals surface area contributed by atoms with E-state index in [1.54, 1.807) is 6.08 Å². The fraction of sp³-hybridized carbons (Fsp3) is 0.891. The molecule has 0 aliphatic carbocycles. The van der Waals surface area contributed by atoms with Crippen LogP contribution in [-0.2, 0) is 18.4 Å². The molecular weight excluding hydrogens is 707 g/mol. The summed E-state index contributed by atoms with van der Waals surface area (Å²) in [6.07, 6.45) is 45.4. The zero-order valence-electron chi connectivity index (χ0n) is 36.9. The van der Waals surface area contributed by atoms with Crippen molar-refractivity contribution in [3.63, 3.8) is 0 Å². The Balaban J connectivity index is 4.35. The molecule has 3 atom stereocenters.